The number of nitrogens with zero attached hydrogens (tertiary/aromatic N) is 2. The van der Waals surface area contributed by atoms with E-state index in [0.29, 0.717) is 23.9 Å². The van der Waals surface area contributed by atoms with Gasteiger partial charge in [0.1, 0.15) is 11.8 Å². The fourth-order valence-electron chi connectivity index (χ4n) is 3.28. The van der Waals surface area contributed by atoms with Gasteiger partial charge in [0.2, 0.25) is 5.91 Å². The minimum atomic E-state index is -0.523. The molecule has 0 spiro atoms. The molecule has 1 fully saturated rings. The summed E-state index contributed by atoms with van der Waals surface area (Å²) in [6.45, 7) is 4.69. The van der Waals surface area contributed by atoms with Gasteiger partial charge in [0.15, 0.2) is 6.61 Å². The van der Waals surface area contributed by atoms with Gasteiger partial charge in [-0.05, 0) is 49.2 Å². The summed E-state index contributed by atoms with van der Waals surface area (Å²) in [4.78, 5) is 28.8. The van der Waals surface area contributed by atoms with E-state index in [4.69, 9.17) is 16.3 Å². The van der Waals surface area contributed by atoms with Gasteiger partial charge in [0, 0.05) is 23.8 Å². The van der Waals surface area contributed by atoms with E-state index >= 15 is 0 Å². The van der Waals surface area contributed by atoms with Gasteiger partial charge >= 0.3 is 0 Å². The Balaban J connectivity index is 1.65. The van der Waals surface area contributed by atoms with Gasteiger partial charge in [-0.25, -0.2) is 0 Å². The molecule has 1 atom stereocenters. The molecule has 142 valence electrons. The van der Waals surface area contributed by atoms with Crippen molar-refractivity contribution in [3.8, 4) is 5.75 Å². The van der Waals surface area contributed by atoms with Crippen LogP contribution in [0.2, 0.25) is 5.02 Å². The number of amides is 2. The standard InChI is InChI=1S/C21H23ClN2O3/c1-3-16-6-4-5-7-19(16)24-13-12-23(15(2)21(24)26)20(25)14-27-18-10-8-17(22)9-11-18/h4-11,15H,3,12-14H2,1-2H3. The molecule has 5 nitrogen and oxygen atoms in total. The molecule has 0 radical (unpaired) electrons. The molecule has 2 aromatic carbocycles. The van der Waals surface area contributed by atoms with Gasteiger partial charge < -0.3 is 14.5 Å². The molecule has 0 bridgehead atoms. The van der Waals surface area contributed by atoms with Crippen LogP contribution >= 0.6 is 11.6 Å². The number of carbonyl (C=O) groups is 2. The lowest BCUT2D eigenvalue weighted by Crippen LogP contribution is -2.58. The van der Waals surface area contributed by atoms with Gasteiger partial charge in [-0.2, -0.15) is 0 Å². The number of hydrogen-bond acceptors (Lipinski definition) is 3. The molecule has 2 aromatic rings. The van der Waals surface area contributed by atoms with Crippen LogP contribution in [0.15, 0.2) is 48.5 Å². The van der Waals surface area contributed by atoms with Gasteiger partial charge in [-0.3, -0.25) is 9.59 Å². The maximum absolute atomic E-state index is 12.9. The van der Waals surface area contributed by atoms with Crippen LogP contribution in [-0.2, 0) is 16.0 Å². The third kappa shape index (κ3) is 4.25. The number of aryl methyl sites for hydroxylation is 1. The van der Waals surface area contributed by atoms with E-state index < -0.39 is 6.04 Å². The van der Waals surface area contributed by atoms with Crippen LogP contribution in [-0.4, -0.2) is 42.5 Å². The smallest absolute Gasteiger partial charge is 0.261 e. The Morgan fingerprint density at radius 3 is 2.56 bits per heavy atom. The highest BCUT2D eigenvalue weighted by atomic mass is 35.5. The average Bonchev–Trinajstić information content (AvgIpc) is 2.69. The van der Waals surface area contributed by atoms with Crippen LogP contribution in [0.1, 0.15) is 19.4 Å². The van der Waals surface area contributed by atoms with E-state index in [2.05, 4.69) is 6.92 Å². The second-order valence-corrected chi connectivity index (χ2v) is 6.91. The molecule has 1 aliphatic rings. The number of hydrogen-bond donors (Lipinski definition) is 0. The highest BCUT2D eigenvalue weighted by Crippen LogP contribution is 2.25. The van der Waals surface area contributed by atoms with Crippen molar-refractivity contribution in [1.29, 1.82) is 0 Å². The molecule has 1 unspecified atom stereocenters. The Labute approximate surface area is 164 Å². The number of halogens is 1. The van der Waals surface area contributed by atoms with Crippen molar-refractivity contribution in [3.05, 3.63) is 59.1 Å². The zero-order valence-electron chi connectivity index (χ0n) is 15.5. The predicted octanol–water partition coefficient (Wildman–Crippen LogP) is 3.55. The number of benzene rings is 2. The van der Waals surface area contributed by atoms with Crippen molar-refractivity contribution in [1.82, 2.24) is 4.90 Å². The minimum absolute atomic E-state index is 0.0676. The van der Waals surface area contributed by atoms with Gasteiger partial charge in [-0.1, -0.05) is 36.7 Å². The van der Waals surface area contributed by atoms with E-state index in [-0.39, 0.29) is 18.4 Å². The molecule has 0 saturated carbocycles. The molecule has 1 aliphatic heterocycles. The van der Waals surface area contributed by atoms with Crippen molar-refractivity contribution < 1.29 is 14.3 Å². The predicted molar refractivity (Wildman–Crippen MR) is 106 cm³/mol. The first-order valence-corrected chi connectivity index (χ1v) is 9.46. The zero-order valence-corrected chi connectivity index (χ0v) is 16.3. The first-order valence-electron chi connectivity index (χ1n) is 9.08. The summed E-state index contributed by atoms with van der Waals surface area (Å²) in [5.41, 5.74) is 2.06. The summed E-state index contributed by atoms with van der Waals surface area (Å²) in [5, 5.41) is 0.608. The Morgan fingerprint density at radius 1 is 1.15 bits per heavy atom. The topological polar surface area (TPSA) is 49.9 Å². The van der Waals surface area contributed by atoms with E-state index in [1.54, 1.807) is 41.0 Å². The largest absolute Gasteiger partial charge is 0.484 e. The van der Waals surface area contributed by atoms with Crippen LogP contribution < -0.4 is 9.64 Å². The third-order valence-electron chi connectivity index (χ3n) is 4.82. The fourth-order valence-corrected chi connectivity index (χ4v) is 3.41. The number of carbonyl (C=O) groups excluding carboxylic acids is 2. The Morgan fingerprint density at radius 2 is 1.85 bits per heavy atom. The molecule has 3 rings (SSSR count). The highest BCUT2D eigenvalue weighted by Gasteiger charge is 2.35. The highest BCUT2D eigenvalue weighted by molar-refractivity contribution is 6.30. The molecule has 27 heavy (non-hydrogen) atoms. The van der Waals surface area contributed by atoms with Crippen molar-refractivity contribution >= 4 is 29.1 Å². The normalized spacial score (nSPS) is 17.1. The van der Waals surface area contributed by atoms with E-state index in [1.165, 1.54) is 0 Å². The van der Waals surface area contributed by atoms with E-state index in [1.807, 2.05) is 24.3 Å². The lowest BCUT2D eigenvalue weighted by atomic mass is 10.1. The number of rotatable bonds is 5. The summed E-state index contributed by atoms with van der Waals surface area (Å²) >= 11 is 5.84. The summed E-state index contributed by atoms with van der Waals surface area (Å²) in [7, 11) is 0. The second-order valence-electron chi connectivity index (χ2n) is 6.48. The lowest BCUT2D eigenvalue weighted by Gasteiger charge is -2.39. The van der Waals surface area contributed by atoms with Crippen LogP contribution in [0.4, 0.5) is 5.69 Å². The SMILES string of the molecule is CCc1ccccc1N1CCN(C(=O)COc2ccc(Cl)cc2)C(C)C1=O. The maximum Gasteiger partial charge on any atom is 0.261 e. The van der Waals surface area contributed by atoms with Crippen LogP contribution in [0.5, 0.6) is 5.75 Å². The second kappa shape index (κ2) is 8.44. The first-order chi connectivity index (χ1) is 13.0. The van der Waals surface area contributed by atoms with Crippen molar-refractivity contribution in [2.75, 3.05) is 24.6 Å². The van der Waals surface area contributed by atoms with E-state index in [9.17, 15) is 9.59 Å². The van der Waals surface area contributed by atoms with Gasteiger partial charge in [-0.15, -0.1) is 0 Å². The molecule has 0 aliphatic carbocycles. The van der Waals surface area contributed by atoms with Crippen LogP contribution in [0.25, 0.3) is 0 Å². The monoisotopic (exact) mass is 386 g/mol. The molecule has 1 heterocycles. The van der Waals surface area contributed by atoms with Gasteiger partial charge in [0.25, 0.3) is 5.91 Å². The number of ether oxygens (including phenoxy) is 1. The summed E-state index contributed by atoms with van der Waals surface area (Å²) in [6.07, 6.45) is 0.853. The molecule has 2 amide bonds. The summed E-state index contributed by atoms with van der Waals surface area (Å²) in [6, 6.07) is 14.2. The number of piperazine rings is 1. The average molecular weight is 387 g/mol. The number of anilines is 1. The fraction of sp³-hybridized carbons (Fsp3) is 0.333. The van der Waals surface area contributed by atoms with Crippen LogP contribution in [0.3, 0.4) is 0 Å². The maximum atomic E-state index is 12.9. The van der Waals surface area contributed by atoms with Crippen LogP contribution in [0, 0.1) is 0 Å². The molecule has 6 heteroatoms. The first kappa shape index (κ1) is 19.2. The minimum Gasteiger partial charge on any atom is -0.484 e. The molecular weight excluding hydrogens is 364 g/mol. The Kier molecular flexibility index (Phi) is 6.01. The quantitative estimate of drug-likeness (QED) is 0.789. The van der Waals surface area contributed by atoms with Crippen molar-refractivity contribution in [2.45, 2.75) is 26.3 Å². The molecule has 1 saturated heterocycles. The number of para-hydroxylation sites is 1. The van der Waals surface area contributed by atoms with Gasteiger partial charge in [0.05, 0.1) is 0 Å². The zero-order chi connectivity index (χ0) is 19.4. The Bertz CT molecular complexity index is 822. The van der Waals surface area contributed by atoms with E-state index in [0.717, 1.165) is 17.7 Å². The molecular formula is C21H23ClN2O3. The van der Waals surface area contributed by atoms with Crippen molar-refractivity contribution in [3.63, 3.8) is 0 Å². The van der Waals surface area contributed by atoms with Crippen molar-refractivity contribution in [2.24, 2.45) is 0 Å². The lowest BCUT2D eigenvalue weighted by molar-refractivity contribution is -0.142. The molecule has 0 N–H and O–H groups in total. The third-order valence-corrected chi connectivity index (χ3v) is 5.07. The summed E-state index contributed by atoms with van der Waals surface area (Å²) < 4.78 is 5.53. The Hall–Kier alpha value is -2.53. The summed E-state index contributed by atoms with van der Waals surface area (Å²) in [5.74, 6) is 0.304. The molecule has 0 aromatic heterocycles.